The van der Waals surface area contributed by atoms with Crippen LogP contribution in [0.15, 0.2) is 65.6 Å². The van der Waals surface area contributed by atoms with Crippen LogP contribution in [0.4, 0.5) is 0 Å². The number of carbonyl (C=O) groups is 2. The number of nitrogens with one attached hydrogen (secondary N) is 2. The normalized spacial score (nSPS) is 18.6. The number of likely N-dealkylation sites (tertiary alicyclic amines) is 1. The van der Waals surface area contributed by atoms with Gasteiger partial charge in [0.25, 0.3) is 17.4 Å². The molecule has 1 fully saturated rings. The smallest absolute Gasteiger partial charge is 0.261 e. The molecule has 178 valence electrons. The molecule has 1 saturated heterocycles. The summed E-state index contributed by atoms with van der Waals surface area (Å²) >= 11 is 7.13. The second-order valence-electron chi connectivity index (χ2n) is 8.62. The van der Waals surface area contributed by atoms with Gasteiger partial charge in [-0.05, 0) is 56.3 Å². The number of pyridine rings is 1. The van der Waals surface area contributed by atoms with Gasteiger partial charge in [0.2, 0.25) is 0 Å². The maximum absolute atomic E-state index is 13.0. The second kappa shape index (κ2) is 9.71. The molecule has 8 nitrogen and oxygen atoms in total. The van der Waals surface area contributed by atoms with E-state index in [9.17, 15) is 19.5 Å². The summed E-state index contributed by atoms with van der Waals surface area (Å²) in [5.74, 6) is -0.593. The van der Waals surface area contributed by atoms with E-state index in [0.29, 0.717) is 33.6 Å². The Kier molecular flexibility index (Phi) is 6.90. The van der Waals surface area contributed by atoms with E-state index in [1.54, 1.807) is 73.5 Å². The molecule has 4 rings (SSSR count). The third kappa shape index (κ3) is 5.39. The van der Waals surface area contributed by atoms with Gasteiger partial charge in [0, 0.05) is 36.6 Å². The monoisotopic (exact) mass is 500 g/mol. The molecule has 2 amide bonds. The van der Waals surface area contributed by atoms with Crippen molar-refractivity contribution in [3.8, 4) is 5.69 Å². The van der Waals surface area contributed by atoms with Crippen molar-refractivity contribution >= 4 is 34.8 Å². The molecule has 1 aliphatic heterocycles. The van der Waals surface area contributed by atoms with Crippen LogP contribution in [0.3, 0.4) is 0 Å². The first kappa shape index (κ1) is 24.2. The highest BCUT2D eigenvalue weighted by molar-refractivity contribution is 7.18. The average Bonchev–Trinajstić information content (AvgIpc) is 3.40. The molecule has 2 atom stereocenters. The summed E-state index contributed by atoms with van der Waals surface area (Å²) < 4.78 is 2.00. The predicted molar refractivity (Wildman–Crippen MR) is 132 cm³/mol. The summed E-state index contributed by atoms with van der Waals surface area (Å²) in [5, 5.41) is 16.4. The summed E-state index contributed by atoms with van der Waals surface area (Å²) in [6, 6.07) is 14.1. The second-order valence-corrected chi connectivity index (χ2v) is 10.3. The van der Waals surface area contributed by atoms with Crippen LogP contribution >= 0.6 is 22.9 Å². The Balaban J connectivity index is 1.49. The SMILES string of the molecule is CC(C)(O)N1C[C@@H](NC(=O)c2ccc(-n3ccccc3=O)cc2)[C@H](NC(=O)c2ccc(Cl)s2)C1. The lowest BCUT2D eigenvalue weighted by molar-refractivity contribution is -0.0666. The largest absolute Gasteiger partial charge is 0.376 e. The molecule has 0 radical (unpaired) electrons. The van der Waals surface area contributed by atoms with Crippen LogP contribution in [-0.2, 0) is 0 Å². The minimum Gasteiger partial charge on any atom is -0.376 e. The average molecular weight is 501 g/mol. The zero-order chi connectivity index (χ0) is 24.5. The molecule has 2 aromatic heterocycles. The van der Waals surface area contributed by atoms with E-state index in [1.165, 1.54) is 22.0 Å². The first-order valence-corrected chi connectivity index (χ1v) is 11.9. The third-order valence-corrected chi connectivity index (χ3v) is 6.98. The van der Waals surface area contributed by atoms with Crippen LogP contribution in [0.25, 0.3) is 5.69 Å². The molecule has 0 saturated carbocycles. The molecule has 3 aromatic rings. The highest BCUT2D eigenvalue weighted by Crippen LogP contribution is 2.23. The molecular formula is C24H25ClN4O4S. The summed E-state index contributed by atoms with van der Waals surface area (Å²) in [5.41, 5.74) is -0.206. The molecule has 1 aliphatic rings. The number of rotatable bonds is 6. The molecule has 0 bridgehead atoms. The summed E-state index contributed by atoms with van der Waals surface area (Å²) in [6.45, 7) is 4.07. The lowest BCUT2D eigenvalue weighted by Crippen LogP contribution is -2.50. The van der Waals surface area contributed by atoms with Gasteiger partial charge in [-0.1, -0.05) is 17.7 Å². The number of halogens is 1. The number of benzene rings is 1. The van der Waals surface area contributed by atoms with Gasteiger partial charge in [0.15, 0.2) is 0 Å². The maximum Gasteiger partial charge on any atom is 0.261 e. The van der Waals surface area contributed by atoms with Gasteiger partial charge in [-0.2, -0.15) is 0 Å². The van der Waals surface area contributed by atoms with Crippen molar-refractivity contribution in [2.45, 2.75) is 31.7 Å². The van der Waals surface area contributed by atoms with Crippen molar-refractivity contribution < 1.29 is 14.7 Å². The maximum atomic E-state index is 13.0. The van der Waals surface area contributed by atoms with E-state index in [2.05, 4.69) is 10.6 Å². The van der Waals surface area contributed by atoms with Gasteiger partial charge in [0.05, 0.1) is 21.3 Å². The van der Waals surface area contributed by atoms with Crippen molar-refractivity contribution in [3.05, 3.63) is 85.9 Å². The zero-order valence-corrected chi connectivity index (χ0v) is 20.3. The Morgan fingerprint density at radius 1 is 1.00 bits per heavy atom. The lowest BCUT2D eigenvalue weighted by Gasteiger charge is -2.29. The molecule has 0 spiro atoms. The molecule has 0 aliphatic carbocycles. The van der Waals surface area contributed by atoms with Crippen LogP contribution < -0.4 is 16.2 Å². The molecular weight excluding hydrogens is 476 g/mol. The van der Waals surface area contributed by atoms with Crippen molar-refractivity contribution in [2.75, 3.05) is 13.1 Å². The highest BCUT2D eigenvalue weighted by atomic mass is 35.5. The molecule has 3 N–H and O–H groups in total. The van der Waals surface area contributed by atoms with Crippen molar-refractivity contribution in [3.63, 3.8) is 0 Å². The fourth-order valence-electron chi connectivity index (χ4n) is 3.88. The molecule has 1 aromatic carbocycles. The minimum absolute atomic E-state index is 0.164. The zero-order valence-electron chi connectivity index (χ0n) is 18.7. The number of aliphatic hydroxyl groups is 1. The first-order chi connectivity index (χ1) is 16.1. The van der Waals surface area contributed by atoms with E-state index in [4.69, 9.17) is 11.6 Å². The Morgan fingerprint density at radius 3 is 2.21 bits per heavy atom. The summed E-state index contributed by atoms with van der Waals surface area (Å²) in [7, 11) is 0. The fraction of sp³-hybridized carbons (Fsp3) is 0.292. The Labute approximate surface area is 205 Å². The number of hydrogen-bond donors (Lipinski definition) is 3. The standard InChI is InChI=1S/C24H25ClN4O4S/c1-24(2,33)28-13-17(18(14-28)27-23(32)19-10-11-20(25)34-19)26-22(31)15-6-8-16(9-7-15)29-12-4-3-5-21(29)30/h3-12,17-18,33H,13-14H2,1-2H3,(H,26,31)(H,27,32)/t17-,18-/m1/s1. The minimum atomic E-state index is -1.11. The van der Waals surface area contributed by atoms with Crippen LogP contribution in [0.5, 0.6) is 0 Å². The van der Waals surface area contributed by atoms with E-state index < -0.39 is 17.8 Å². The quantitative estimate of drug-likeness (QED) is 0.482. The van der Waals surface area contributed by atoms with Crippen LogP contribution in [0, 0.1) is 0 Å². The number of aromatic nitrogens is 1. The fourth-order valence-corrected chi connectivity index (χ4v) is 4.83. The number of amides is 2. The number of hydrogen-bond acceptors (Lipinski definition) is 6. The summed E-state index contributed by atoms with van der Waals surface area (Å²) in [6.07, 6.45) is 1.66. The van der Waals surface area contributed by atoms with Gasteiger partial charge in [-0.25, -0.2) is 0 Å². The highest BCUT2D eigenvalue weighted by Gasteiger charge is 2.40. The Morgan fingerprint density at radius 2 is 1.65 bits per heavy atom. The molecule has 0 unspecified atom stereocenters. The van der Waals surface area contributed by atoms with Crippen LogP contribution in [-0.4, -0.2) is 57.3 Å². The Hall–Kier alpha value is -2.98. The van der Waals surface area contributed by atoms with E-state index in [1.807, 2.05) is 0 Å². The van der Waals surface area contributed by atoms with Gasteiger partial charge >= 0.3 is 0 Å². The number of nitrogens with zero attached hydrogens (tertiary/aromatic N) is 2. The molecule has 34 heavy (non-hydrogen) atoms. The van der Waals surface area contributed by atoms with Crippen molar-refractivity contribution in [1.82, 2.24) is 20.1 Å². The third-order valence-electron chi connectivity index (χ3n) is 5.75. The van der Waals surface area contributed by atoms with Crippen LogP contribution in [0.2, 0.25) is 4.34 Å². The summed E-state index contributed by atoms with van der Waals surface area (Å²) in [4.78, 5) is 40.0. The van der Waals surface area contributed by atoms with Crippen LogP contribution in [0.1, 0.15) is 33.9 Å². The number of thiophene rings is 1. The topological polar surface area (TPSA) is 104 Å². The van der Waals surface area contributed by atoms with Gasteiger partial charge < -0.3 is 15.7 Å². The Bertz CT molecular complexity index is 1250. The van der Waals surface area contributed by atoms with Crippen molar-refractivity contribution in [2.24, 2.45) is 0 Å². The molecule has 3 heterocycles. The van der Waals surface area contributed by atoms with E-state index >= 15 is 0 Å². The molecule has 10 heteroatoms. The van der Waals surface area contributed by atoms with Crippen molar-refractivity contribution in [1.29, 1.82) is 0 Å². The first-order valence-electron chi connectivity index (χ1n) is 10.7. The van der Waals surface area contributed by atoms with E-state index in [-0.39, 0.29) is 17.4 Å². The number of carbonyl (C=O) groups excluding carboxylic acids is 2. The van der Waals surface area contributed by atoms with Gasteiger partial charge in [-0.3, -0.25) is 23.9 Å². The van der Waals surface area contributed by atoms with Gasteiger partial charge in [0.1, 0.15) is 5.72 Å². The predicted octanol–water partition coefficient (Wildman–Crippen LogP) is 2.49. The van der Waals surface area contributed by atoms with Gasteiger partial charge in [-0.15, -0.1) is 11.3 Å². The lowest BCUT2D eigenvalue weighted by atomic mass is 10.1. The van der Waals surface area contributed by atoms with E-state index in [0.717, 1.165) is 0 Å².